The van der Waals surface area contributed by atoms with E-state index in [0.717, 1.165) is 0 Å². The second kappa shape index (κ2) is 7.04. The van der Waals surface area contributed by atoms with Crippen LogP contribution < -0.4 is 5.32 Å². The molecule has 0 aromatic carbocycles. The van der Waals surface area contributed by atoms with Crippen molar-refractivity contribution < 1.29 is 23.8 Å². The number of alkyl carbamates (subject to hydrolysis) is 1. The predicted octanol–water partition coefficient (Wildman–Crippen LogP) is 2.39. The van der Waals surface area contributed by atoms with Crippen molar-refractivity contribution in [3.8, 4) is 0 Å². The number of piperidine rings is 1. The fourth-order valence-electron chi connectivity index (χ4n) is 2.68. The average Bonchev–Trinajstić information content (AvgIpc) is 2.92. The van der Waals surface area contributed by atoms with Gasteiger partial charge in [0.15, 0.2) is 6.04 Å². The van der Waals surface area contributed by atoms with Gasteiger partial charge in [-0.25, -0.2) is 4.79 Å². The summed E-state index contributed by atoms with van der Waals surface area (Å²) in [7, 11) is 0. The van der Waals surface area contributed by atoms with Crippen LogP contribution in [-0.2, 0) is 9.53 Å². The molecule has 2 heterocycles. The van der Waals surface area contributed by atoms with Gasteiger partial charge in [-0.3, -0.25) is 9.69 Å². The molecule has 2 rings (SSSR count). The average molecular weight is 324 g/mol. The number of hydrogen-bond acceptors (Lipinski definition) is 5. The molecule has 1 saturated heterocycles. The van der Waals surface area contributed by atoms with Crippen LogP contribution in [0.3, 0.4) is 0 Å². The van der Waals surface area contributed by atoms with Crippen molar-refractivity contribution in [1.29, 1.82) is 0 Å². The molecular formula is C16H24N2O5. The van der Waals surface area contributed by atoms with E-state index in [9.17, 15) is 14.7 Å². The molecule has 0 saturated carbocycles. The molecule has 1 amide bonds. The molecule has 1 aromatic rings. The van der Waals surface area contributed by atoms with Crippen LogP contribution in [-0.4, -0.2) is 46.8 Å². The maximum atomic E-state index is 11.8. The van der Waals surface area contributed by atoms with Crippen molar-refractivity contribution >= 4 is 12.1 Å². The first kappa shape index (κ1) is 17.3. The lowest BCUT2D eigenvalue weighted by atomic mass is 10.0. The SMILES string of the molecule is CC(C)(C)OC(=O)NC1CCN(C(C(=O)O)c2ccco2)CC1. The first-order valence-electron chi connectivity index (χ1n) is 7.76. The maximum absolute atomic E-state index is 11.8. The minimum atomic E-state index is -0.932. The van der Waals surface area contributed by atoms with Crippen LogP contribution in [0.2, 0.25) is 0 Å². The summed E-state index contributed by atoms with van der Waals surface area (Å²) in [6.45, 7) is 6.58. The van der Waals surface area contributed by atoms with Crippen molar-refractivity contribution in [3.05, 3.63) is 24.2 Å². The number of aliphatic carboxylic acids is 1. The minimum absolute atomic E-state index is 0.00727. The van der Waals surface area contributed by atoms with E-state index in [1.54, 1.807) is 12.1 Å². The van der Waals surface area contributed by atoms with Gasteiger partial charge in [-0.2, -0.15) is 0 Å². The first-order valence-corrected chi connectivity index (χ1v) is 7.76. The van der Waals surface area contributed by atoms with E-state index < -0.39 is 23.7 Å². The third-order valence-electron chi connectivity index (χ3n) is 3.66. The lowest BCUT2D eigenvalue weighted by Crippen LogP contribution is -2.48. The lowest BCUT2D eigenvalue weighted by Gasteiger charge is -2.35. The van der Waals surface area contributed by atoms with Crippen LogP contribution in [0, 0.1) is 0 Å². The molecule has 128 valence electrons. The van der Waals surface area contributed by atoms with Gasteiger partial charge in [-0.1, -0.05) is 0 Å². The lowest BCUT2D eigenvalue weighted by molar-refractivity contribution is -0.144. The minimum Gasteiger partial charge on any atom is -0.480 e. The van der Waals surface area contributed by atoms with Gasteiger partial charge in [0.2, 0.25) is 0 Å². The number of carboxylic acid groups (broad SMARTS) is 1. The maximum Gasteiger partial charge on any atom is 0.407 e. The van der Waals surface area contributed by atoms with Crippen molar-refractivity contribution in [3.63, 3.8) is 0 Å². The van der Waals surface area contributed by atoms with E-state index in [1.807, 2.05) is 25.7 Å². The van der Waals surface area contributed by atoms with Crippen LogP contribution in [0.1, 0.15) is 45.4 Å². The normalized spacial score (nSPS) is 18.4. The predicted molar refractivity (Wildman–Crippen MR) is 83.0 cm³/mol. The molecule has 1 unspecified atom stereocenters. The van der Waals surface area contributed by atoms with E-state index in [4.69, 9.17) is 9.15 Å². The molecule has 2 N–H and O–H groups in total. The van der Waals surface area contributed by atoms with Crippen molar-refractivity contribution in [2.45, 2.75) is 51.3 Å². The van der Waals surface area contributed by atoms with Crippen LogP contribution >= 0.6 is 0 Å². The monoisotopic (exact) mass is 324 g/mol. The number of carbonyl (C=O) groups is 2. The molecule has 23 heavy (non-hydrogen) atoms. The number of rotatable bonds is 4. The molecule has 0 radical (unpaired) electrons. The molecule has 7 heteroatoms. The van der Waals surface area contributed by atoms with Gasteiger partial charge in [0.05, 0.1) is 6.26 Å². The van der Waals surface area contributed by atoms with E-state index in [-0.39, 0.29) is 6.04 Å². The third-order valence-corrected chi connectivity index (χ3v) is 3.66. The van der Waals surface area contributed by atoms with E-state index in [1.165, 1.54) is 6.26 Å². The Morgan fingerprint density at radius 1 is 1.39 bits per heavy atom. The summed E-state index contributed by atoms with van der Waals surface area (Å²) in [4.78, 5) is 25.2. The van der Waals surface area contributed by atoms with Gasteiger partial charge in [-0.15, -0.1) is 0 Å². The summed E-state index contributed by atoms with van der Waals surface area (Å²) >= 11 is 0. The van der Waals surface area contributed by atoms with E-state index in [0.29, 0.717) is 31.7 Å². The van der Waals surface area contributed by atoms with Crippen LogP contribution in [0.5, 0.6) is 0 Å². The number of nitrogens with zero attached hydrogens (tertiary/aromatic N) is 1. The highest BCUT2D eigenvalue weighted by atomic mass is 16.6. The molecule has 7 nitrogen and oxygen atoms in total. The Labute approximate surface area is 135 Å². The number of furan rings is 1. The standard InChI is InChI=1S/C16H24N2O5/c1-16(2,3)23-15(21)17-11-6-8-18(9-7-11)13(14(19)20)12-5-4-10-22-12/h4-5,10-11,13H,6-9H2,1-3H3,(H,17,21)(H,19,20). The van der Waals surface area contributed by atoms with Crippen molar-refractivity contribution in [2.24, 2.45) is 0 Å². The highest BCUT2D eigenvalue weighted by Gasteiger charge is 2.33. The Morgan fingerprint density at radius 2 is 2.04 bits per heavy atom. The number of ether oxygens (including phenoxy) is 1. The zero-order valence-corrected chi connectivity index (χ0v) is 13.7. The second-order valence-corrected chi connectivity index (χ2v) is 6.71. The Morgan fingerprint density at radius 3 is 2.52 bits per heavy atom. The number of nitrogens with one attached hydrogen (secondary N) is 1. The van der Waals surface area contributed by atoms with Gasteiger partial charge in [-0.05, 0) is 45.7 Å². The Kier molecular flexibility index (Phi) is 5.30. The molecular weight excluding hydrogens is 300 g/mol. The highest BCUT2D eigenvalue weighted by Crippen LogP contribution is 2.25. The van der Waals surface area contributed by atoms with Crippen LogP contribution in [0.4, 0.5) is 4.79 Å². The molecule has 1 aromatic heterocycles. The third kappa shape index (κ3) is 4.99. The second-order valence-electron chi connectivity index (χ2n) is 6.71. The number of likely N-dealkylation sites (tertiary alicyclic amines) is 1. The number of carboxylic acids is 1. The smallest absolute Gasteiger partial charge is 0.407 e. The summed E-state index contributed by atoms with van der Waals surface area (Å²) in [5.74, 6) is -0.505. The zero-order valence-electron chi connectivity index (χ0n) is 13.7. The first-order chi connectivity index (χ1) is 10.8. The van der Waals surface area contributed by atoms with Crippen LogP contribution in [0.15, 0.2) is 22.8 Å². The van der Waals surface area contributed by atoms with Crippen molar-refractivity contribution in [2.75, 3.05) is 13.1 Å². The Bertz CT molecular complexity index is 527. The summed E-state index contributed by atoms with van der Waals surface area (Å²) < 4.78 is 10.5. The summed E-state index contributed by atoms with van der Waals surface area (Å²) in [6.07, 6.45) is 2.38. The molecule has 1 atom stereocenters. The highest BCUT2D eigenvalue weighted by molar-refractivity contribution is 5.74. The number of carbonyl (C=O) groups excluding carboxylic acids is 1. The molecule has 1 fully saturated rings. The molecule has 0 aliphatic carbocycles. The summed E-state index contributed by atoms with van der Waals surface area (Å²) in [5.41, 5.74) is -0.529. The summed E-state index contributed by atoms with van der Waals surface area (Å²) in [6, 6.07) is 2.56. The quantitative estimate of drug-likeness (QED) is 0.883. The molecule has 0 spiro atoms. The Hall–Kier alpha value is -2.02. The van der Waals surface area contributed by atoms with Gasteiger partial charge >= 0.3 is 12.1 Å². The zero-order chi connectivity index (χ0) is 17.0. The fraction of sp³-hybridized carbons (Fsp3) is 0.625. The van der Waals surface area contributed by atoms with Gasteiger partial charge in [0.1, 0.15) is 11.4 Å². The molecule has 1 aliphatic heterocycles. The van der Waals surface area contributed by atoms with Gasteiger partial charge in [0.25, 0.3) is 0 Å². The largest absolute Gasteiger partial charge is 0.480 e. The van der Waals surface area contributed by atoms with E-state index in [2.05, 4.69) is 5.32 Å². The topological polar surface area (TPSA) is 92.0 Å². The van der Waals surface area contributed by atoms with Crippen molar-refractivity contribution in [1.82, 2.24) is 10.2 Å². The Balaban J connectivity index is 1.88. The van der Waals surface area contributed by atoms with Gasteiger partial charge < -0.3 is 19.6 Å². The fourth-order valence-corrected chi connectivity index (χ4v) is 2.68. The summed E-state index contributed by atoms with van der Waals surface area (Å²) in [5, 5.41) is 12.3. The molecule has 1 aliphatic rings. The van der Waals surface area contributed by atoms with E-state index >= 15 is 0 Å². The van der Waals surface area contributed by atoms with Gasteiger partial charge in [0, 0.05) is 19.1 Å². The van der Waals surface area contributed by atoms with Crippen LogP contribution in [0.25, 0.3) is 0 Å². The molecule has 0 bridgehead atoms. The number of hydrogen-bond donors (Lipinski definition) is 2. The number of amides is 1.